The van der Waals surface area contributed by atoms with Gasteiger partial charge in [-0.2, -0.15) is 0 Å². The van der Waals surface area contributed by atoms with E-state index in [0.717, 1.165) is 31.9 Å². The molecule has 0 aromatic rings. The highest BCUT2D eigenvalue weighted by atomic mass is 32.2. The second-order valence-corrected chi connectivity index (χ2v) is 5.94. The molecule has 2 unspecified atom stereocenters. The predicted molar refractivity (Wildman–Crippen MR) is 66.7 cm³/mol. The van der Waals surface area contributed by atoms with Crippen molar-refractivity contribution in [3.8, 4) is 0 Å². The molecule has 0 fully saturated rings. The van der Waals surface area contributed by atoms with Gasteiger partial charge < -0.3 is 10.1 Å². The molecule has 0 radical (unpaired) electrons. The number of nitrogens with one attached hydrogen (secondary N) is 1. The van der Waals surface area contributed by atoms with E-state index in [1.54, 1.807) is 6.26 Å². The molecule has 0 aliphatic rings. The van der Waals surface area contributed by atoms with Gasteiger partial charge in [0.15, 0.2) is 0 Å². The summed E-state index contributed by atoms with van der Waals surface area (Å²) in [5.74, 6) is 1.38. The minimum absolute atomic E-state index is 0.427. The van der Waals surface area contributed by atoms with Crippen LogP contribution in [0.25, 0.3) is 0 Å². The third-order valence-electron chi connectivity index (χ3n) is 2.03. The van der Waals surface area contributed by atoms with Crippen molar-refractivity contribution in [1.29, 1.82) is 0 Å². The summed E-state index contributed by atoms with van der Waals surface area (Å²) in [4.78, 5) is 0. The van der Waals surface area contributed by atoms with Crippen LogP contribution >= 0.6 is 0 Å². The summed E-state index contributed by atoms with van der Waals surface area (Å²) in [6.45, 7) is 8.88. The third-order valence-corrected chi connectivity index (χ3v) is 2.84. The van der Waals surface area contributed by atoms with Crippen molar-refractivity contribution in [2.75, 3.05) is 31.8 Å². The van der Waals surface area contributed by atoms with Gasteiger partial charge in [0.05, 0.1) is 6.61 Å². The lowest BCUT2D eigenvalue weighted by atomic mass is 10.2. The van der Waals surface area contributed by atoms with Gasteiger partial charge in [0.25, 0.3) is 0 Å². The van der Waals surface area contributed by atoms with Gasteiger partial charge in [-0.25, -0.2) is 0 Å². The minimum atomic E-state index is -0.673. The lowest BCUT2D eigenvalue weighted by Gasteiger charge is -2.13. The molecular formula is C11H25NO2S. The first-order chi connectivity index (χ1) is 7.02. The van der Waals surface area contributed by atoms with E-state index in [-0.39, 0.29) is 0 Å². The smallest absolute Gasteiger partial charge is 0.0591 e. The molecule has 92 valence electrons. The number of hydrogen-bond donors (Lipinski definition) is 1. The highest BCUT2D eigenvalue weighted by Crippen LogP contribution is 1.93. The highest BCUT2D eigenvalue weighted by Gasteiger charge is 2.02. The van der Waals surface area contributed by atoms with Gasteiger partial charge in [-0.05, 0) is 19.3 Å². The van der Waals surface area contributed by atoms with Crippen molar-refractivity contribution in [1.82, 2.24) is 5.32 Å². The van der Waals surface area contributed by atoms with E-state index in [1.165, 1.54) is 0 Å². The molecule has 4 heteroatoms. The number of ether oxygens (including phenoxy) is 1. The molecule has 0 aromatic carbocycles. The van der Waals surface area contributed by atoms with Crippen LogP contribution in [0.3, 0.4) is 0 Å². The molecule has 15 heavy (non-hydrogen) atoms. The maximum Gasteiger partial charge on any atom is 0.0591 e. The van der Waals surface area contributed by atoms with E-state index in [4.69, 9.17) is 4.74 Å². The van der Waals surface area contributed by atoms with Crippen molar-refractivity contribution in [3.05, 3.63) is 0 Å². The SMILES string of the molecule is CC(C)COCCNC(C)CCS(C)=O. The van der Waals surface area contributed by atoms with Gasteiger partial charge in [-0.15, -0.1) is 0 Å². The first-order valence-corrected chi connectivity index (χ1v) is 7.36. The molecule has 0 amide bonds. The largest absolute Gasteiger partial charge is 0.380 e. The van der Waals surface area contributed by atoms with E-state index in [0.29, 0.717) is 12.0 Å². The zero-order valence-electron chi connectivity index (χ0n) is 10.4. The molecule has 0 rings (SSSR count). The Balaban J connectivity index is 3.23. The Labute approximate surface area is 96.4 Å². The molecule has 0 saturated carbocycles. The van der Waals surface area contributed by atoms with Gasteiger partial charge in [0.2, 0.25) is 0 Å². The van der Waals surface area contributed by atoms with Crippen LogP contribution in [0.4, 0.5) is 0 Å². The fourth-order valence-electron chi connectivity index (χ4n) is 1.14. The van der Waals surface area contributed by atoms with Gasteiger partial charge in [0, 0.05) is 42.0 Å². The van der Waals surface area contributed by atoms with Crippen LogP contribution in [-0.4, -0.2) is 42.0 Å². The van der Waals surface area contributed by atoms with Crippen molar-refractivity contribution in [2.24, 2.45) is 5.92 Å². The quantitative estimate of drug-likeness (QED) is 0.614. The Morgan fingerprint density at radius 3 is 2.53 bits per heavy atom. The van der Waals surface area contributed by atoms with Crippen LogP contribution in [0.1, 0.15) is 27.2 Å². The van der Waals surface area contributed by atoms with Gasteiger partial charge in [-0.1, -0.05) is 13.8 Å². The zero-order chi connectivity index (χ0) is 11.7. The van der Waals surface area contributed by atoms with E-state index >= 15 is 0 Å². The Bertz CT molecular complexity index is 174. The van der Waals surface area contributed by atoms with Gasteiger partial charge >= 0.3 is 0 Å². The topological polar surface area (TPSA) is 38.3 Å². The Morgan fingerprint density at radius 1 is 1.33 bits per heavy atom. The zero-order valence-corrected chi connectivity index (χ0v) is 11.2. The highest BCUT2D eigenvalue weighted by molar-refractivity contribution is 7.84. The molecule has 0 aliphatic heterocycles. The van der Waals surface area contributed by atoms with Gasteiger partial charge in [0.1, 0.15) is 0 Å². The molecule has 0 bridgehead atoms. The third kappa shape index (κ3) is 12.0. The predicted octanol–water partition coefficient (Wildman–Crippen LogP) is 1.41. The van der Waals surface area contributed by atoms with E-state index in [2.05, 4.69) is 26.1 Å². The fourth-order valence-corrected chi connectivity index (χ4v) is 1.83. The second-order valence-electron chi connectivity index (χ2n) is 4.39. The first-order valence-electron chi connectivity index (χ1n) is 5.63. The maximum absolute atomic E-state index is 10.9. The first kappa shape index (κ1) is 15.1. The monoisotopic (exact) mass is 235 g/mol. The van der Waals surface area contributed by atoms with Crippen LogP contribution < -0.4 is 5.32 Å². The molecule has 2 atom stereocenters. The van der Waals surface area contributed by atoms with Crippen molar-refractivity contribution < 1.29 is 8.95 Å². The molecule has 0 heterocycles. The maximum atomic E-state index is 10.9. The summed E-state index contributed by atoms with van der Waals surface area (Å²) in [6, 6.07) is 0.427. The average molecular weight is 235 g/mol. The summed E-state index contributed by atoms with van der Waals surface area (Å²) in [5, 5.41) is 3.35. The minimum Gasteiger partial charge on any atom is -0.380 e. The van der Waals surface area contributed by atoms with Crippen molar-refractivity contribution in [2.45, 2.75) is 33.2 Å². The molecule has 0 spiro atoms. The molecule has 1 N–H and O–H groups in total. The Morgan fingerprint density at radius 2 is 2.00 bits per heavy atom. The summed E-state index contributed by atoms with van der Waals surface area (Å²) in [5.41, 5.74) is 0. The standard InChI is InChI=1S/C11H25NO2S/c1-10(2)9-14-7-6-12-11(3)5-8-15(4)13/h10-12H,5-9H2,1-4H3. The summed E-state index contributed by atoms with van der Waals surface area (Å²) >= 11 is 0. The molecule has 3 nitrogen and oxygen atoms in total. The normalized spacial score (nSPS) is 15.5. The van der Waals surface area contributed by atoms with Crippen LogP contribution in [0.2, 0.25) is 0 Å². The number of hydrogen-bond acceptors (Lipinski definition) is 3. The molecule has 0 aromatic heterocycles. The second kappa shape index (κ2) is 9.31. The Kier molecular flexibility index (Phi) is 9.35. The van der Waals surface area contributed by atoms with Crippen LogP contribution in [0.5, 0.6) is 0 Å². The lowest BCUT2D eigenvalue weighted by molar-refractivity contribution is 0.110. The molecular weight excluding hydrogens is 210 g/mol. The summed E-state index contributed by atoms with van der Waals surface area (Å²) < 4.78 is 16.3. The van der Waals surface area contributed by atoms with Crippen LogP contribution in [-0.2, 0) is 15.5 Å². The van der Waals surface area contributed by atoms with Crippen LogP contribution in [0.15, 0.2) is 0 Å². The van der Waals surface area contributed by atoms with Crippen molar-refractivity contribution >= 4 is 10.8 Å². The fraction of sp³-hybridized carbons (Fsp3) is 1.00. The van der Waals surface area contributed by atoms with E-state index in [1.807, 2.05) is 0 Å². The van der Waals surface area contributed by atoms with E-state index < -0.39 is 10.8 Å². The summed E-state index contributed by atoms with van der Waals surface area (Å²) in [6.07, 6.45) is 2.71. The summed E-state index contributed by atoms with van der Waals surface area (Å²) in [7, 11) is -0.673. The molecule has 0 saturated heterocycles. The number of rotatable bonds is 9. The van der Waals surface area contributed by atoms with E-state index in [9.17, 15) is 4.21 Å². The average Bonchev–Trinajstić information content (AvgIpc) is 2.13. The Hall–Kier alpha value is 0.0700. The lowest BCUT2D eigenvalue weighted by Crippen LogP contribution is -2.30. The van der Waals surface area contributed by atoms with Crippen molar-refractivity contribution in [3.63, 3.8) is 0 Å². The molecule has 0 aliphatic carbocycles. The van der Waals surface area contributed by atoms with Crippen LogP contribution in [0, 0.1) is 5.92 Å². The van der Waals surface area contributed by atoms with Gasteiger partial charge in [-0.3, -0.25) is 4.21 Å².